The monoisotopic (exact) mass is 243 g/mol. The molecular formula is C14H13NO3. The van der Waals surface area contributed by atoms with Crippen molar-refractivity contribution >= 4 is 5.69 Å². The maximum absolute atomic E-state index is 11.0. The second-order valence-corrected chi connectivity index (χ2v) is 4.21. The van der Waals surface area contributed by atoms with Crippen molar-refractivity contribution in [2.45, 2.75) is 12.5 Å². The Balaban J connectivity index is 2.58. The van der Waals surface area contributed by atoms with Crippen LogP contribution in [0.2, 0.25) is 0 Å². The van der Waals surface area contributed by atoms with Gasteiger partial charge in [0.05, 0.1) is 10.5 Å². The van der Waals surface area contributed by atoms with Gasteiger partial charge in [0, 0.05) is 6.07 Å². The van der Waals surface area contributed by atoms with E-state index >= 15 is 0 Å². The van der Waals surface area contributed by atoms with Crippen LogP contribution >= 0.6 is 0 Å². The maximum atomic E-state index is 11.0. The molecule has 0 aromatic heterocycles. The number of benzene rings is 2. The summed E-state index contributed by atoms with van der Waals surface area (Å²) in [4.78, 5) is 10.5. The average molecular weight is 243 g/mol. The number of nitrogens with zero attached hydrogens (tertiary/aromatic N) is 1. The van der Waals surface area contributed by atoms with Gasteiger partial charge in [0.15, 0.2) is 0 Å². The van der Waals surface area contributed by atoms with E-state index in [-0.39, 0.29) is 5.69 Å². The van der Waals surface area contributed by atoms with Crippen molar-refractivity contribution in [2.75, 3.05) is 0 Å². The summed E-state index contributed by atoms with van der Waals surface area (Å²) >= 11 is 0. The molecule has 0 bridgehead atoms. The fourth-order valence-corrected chi connectivity index (χ4v) is 1.96. The summed E-state index contributed by atoms with van der Waals surface area (Å²) in [6.45, 7) is 1.56. The molecule has 0 fully saturated rings. The second-order valence-electron chi connectivity index (χ2n) is 4.21. The molecule has 0 spiro atoms. The van der Waals surface area contributed by atoms with Gasteiger partial charge in [-0.15, -0.1) is 0 Å². The van der Waals surface area contributed by atoms with Gasteiger partial charge in [-0.25, -0.2) is 0 Å². The molecule has 0 aliphatic carbocycles. The summed E-state index contributed by atoms with van der Waals surface area (Å²) in [5.41, 5.74) is -0.544. The van der Waals surface area contributed by atoms with Gasteiger partial charge in [0.1, 0.15) is 5.60 Å². The van der Waals surface area contributed by atoms with Crippen LogP contribution in [0.15, 0.2) is 54.6 Å². The van der Waals surface area contributed by atoms with Crippen molar-refractivity contribution in [3.8, 4) is 0 Å². The molecule has 0 radical (unpaired) electrons. The summed E-state index contributed by atoms with van der Waals surface area (Å²) in [6.07, 6.45) is 0. The van der Waals surface area contributed by atoms with Gasteiger partial charge in [-0.3, -0.25) is 10.1 Å². The minimum Gasteiger partial charge on any atom is -0.380 e. The van der Waals surface area contributed by atoms with E-state index in [9.17, 15) is 15.2 Å². The first-order valence-corrected chi connectivity index (χ1v) is 5.55. The van der Waals surface area contributed by atoms with E-state index in [1.807, 2.05) is 6.07 Å². The van der Waals surface area contributed by atoms with Crippen molar-refractivity contribution in [3.63, 3.8) is 0 Å². The van der Waals surface area contributed by atoms with Crippen LogP contribution in [0.4, 0.5) is 5.69 Å². The summed E-state index contributed by atoms with van der Waals surface area (Å²) in [5, 5.41) is 21.6. The van der Waals surface area contributed by atoms with Crippen LogP contribution in [0.3, 0.4) is 0 Å². The number of aliphatic hydroxyl groups is 1. The molecule has 0 heterocycles. The quantitative estimate of drug-likeness (QED) is 0.666. The Bertz CT molecular complexity index is 564. The van der Waals surface area contributed by atoms with Crippen molar-refractivity contribution < 1.29 is 10.0 Å². The van der Waals surface area contributed by atoms with E-state index in [0.717, 1.165) is 0 Å². The third kappa shape index (κ3) is 2.10. The molecule has 0 saturated carbocycles. The lowest BCUT2D eigenvalue weighted by molar-refractivity contribution is -0.386. The van der Waals surface area contributed by atoms with E-state index in [1.165, 1.54) is 6.07 Å². The summed E-state index contributed by atoms with van der Waals surface area (Å²) in [6, 6.07) is 15.1. The molecule has 2 aromatic carbocycles. The first-order valence-electron chi connectivity index (χ1n) is 5.55. The first kappa shape index (κ1) is 12.3. The van der Waals surface area contributed by atoms with Crippen LogP contribution in [-0.4, -0.2) is 10.0 Å². The van der Waals surface area contributed by atoms with Gasteiger partial charge >= 0.3 is 0 Å². The first-order chi connectivity index (χ1) is 8.53. The third-order valence-electron chi connectivity index (χ3n) is 2.96. The smallest absolute Gasteiger partial charge is 0.275 e. The summed E-state index contributed by atoms with van der Waals surface area (Å²) in [5.74, 6) is 0. The summed E-state index contributed by atoms with van der Waals surface area (Å²) < 4.78 is 0. The number of hydrogen-bond acceptors (Lipinski definition) is 3. The second kappa shape index (κ2) is 4.58. The molecule has 92 valence electrons. The molecule has 4 nitrogen and oxygen atoms in total. The van der Waals surface area contributed by atoms with E-state index in [1.54, 1.807) is 49.4 Å². The molecule has 0 amide bonds. The van der Waals surface area contributed by atoms with Gasteiger partial charge in [-0.2, -0.15) is 0 Å². The van der Waals surface area contributed by atoms with Gasteiger partial charge in [0.25, 0.3) is 5.69 Å². The van der Waals surface area contributed by atoms with Gasteiger partial charge in [0.2, 0.25) is 0 Å². The van der Waals surface area contributed by atoms with Crippen molar-refractivity contribution in [1.82, 2.24) is 0 Å². The van der Waals surface area contributed by atoms with Crippen LogP contribution in [0, 0.1) is 10.1 Å². The van der Waals surface area contributed by atoms with Crippen LogP contribution in [0.1, 0.15) is 18.1 Å². The Kier molecular flexibility index (Phi) is 3.12. The molecular weight excluding hydrogens is 230 g/mol. The number of rotatable bonds is 3. The predicted molar refractivity (Wildman–Crippen MR) is 68.2 cm³/mol. The van der Waals surface area contributed by atoms with Crippen molar-refractivity contribution in [3.05, 3.63) is 75.8 Å². The Hall–Kier alpha value is -2.20. The third-order valence-corrected chi connectivity index (χ3v) is 2.96. The van der Waals surface area contributed by atoms with E-state index in [4.69, 9.17) is 0 Å². The molecule has 0 aliphatic heterocycles. The molecule has 4 heteroatoms. The number of para-hydroxylation sites is 1. The topological polar surface area (TPSA) is 63.4 Å². The maximum Gasteiger partial charge on any atom is 0.275 e. The number of nitro groups is 1. The fourth-order valence-electron chi connectivity index (χ4n) is 1.96. The highest BCUT2D eigenvalue weighted by Gasteiger charge is 2.32. The van der Waals surface area contributed by atoms with E-state index in [2.05, 4.69) is 0 Å². The zero-order valence-electron chi connectivity index (χ0n) is 9.91. The Morgan fingerprint density at radius 3 is 2.22 bits per heavy atom. The van der Waals surface area contributed by atoms with E-state index < -0.39 is 10.5 Å². The Morgan fingerprint density at radius 2 is 1.61 bits per heavy atom. The molecule has 1 atom stereocenters. The molecule has 2 aromatic rings. The Labute approximate surface area is 105 Å². The lowest BCUT2D eigenvalue weighted by Gasteiger charge is -2.24. The minimum atomic E-state index is -1.38. The van der Waals surface area contributed by atoms with Crippen molar-refractivity contribution in [1.29, 1.82) is 0 Å². The molecule has 0 saturated heterocycles. The minimum absolute atomic E-state index is 0.0775. The van der Waals surface area contributed by atoms with Crippen LogP contribution in [-0.2, 0) is 5.60 Å². The number of hydrogen-bond donors (Lipinski definition) is 1. The van der Waals surface area contributed by atoms with Crippen LogP contribution in [0.5, 0.6) is 0 Å². The average Bonchev–Trinajstić information content (AvgIpc) is 2.39. The molecule has 0 aliphatic rings. The normalized spacial score (nSPS) is 13.9. The molecule has 1 N–H and O–H groups in total. The molecule has 2 rings (SSSR count). The zero-order valence-corrected chi connectivity index (χ0v) is 9.91. The zero-order chi connectivity index (χ0) is 13.2. The highest BCUT2D eigenvalue weighted by molar-refractivity contribution is 5.48. The Morgan fingerprint density at radius 1 is 1.06 bits per heavy atom. The predicted octanol–water partition coefficient (Wildman–Crippen LogP) is 2.85. The standard InChI is InChI=1S/C14H13NO3/c1-14(16,11-7-3-2-4-8-11)12-9-5-6-10-13(12)15(17)18/h2-10,16H,1H3. The van der Waals surface area contributed by atoms with Gasteiger partial charge < -0.3 is 5.11 Å². The molecule has 1 unspecified atom stereocenters. The van der Waals surface area contributed by atoms with Crippen molar-refractivity contribution in [2.24, 2.45) is 0 Å². The van der Waals surface area contributed by atoms with Gasteiger partial charge in [-0.05, 0) is 18.6 Å². The fraction of sp³-hybridized carbons (Fsp3) is 0.143. The lowest BCUT2D eigenvalue weighted by atomic mass is 9.87. The van der Waals surface area contributed by atoms with Crippen LogP contribution in [0.25, 0.3) is 0 Å². The molecule has 18 heavy (non-hydrogen) atoms. The van der Waals surface area contributed by atoms with Crippen LogP contribution < -0.4 is 0 Å². The van der Waals surface area contributed by atoms with E-state index in [0.29, 0.717) is 11.1 Å². The lowest BCUT2D eigenvalue weighted by Crippen LogP contribution is -2.23. The summed E-state index contributed by atoms with van der Waals surface area (Å²) in [7, 11) is 0. The highest BCUT2D eigenvalue weighted by Crippen LogP contribution is 2.34. The largest absolute Gasteiger partial charge is 0.380 e. The van der Waals surface area contributed by atoms with Gasteiger partial charge in [-0.1, -0.05) is 42.5 Å². The SMILES string of the molecule is CC(O)(c1ccccc1)c1ccccc1[N+](=O)[O-]. The highest BCUT2D eigenvalue weighted by atomic mass is 16.6. The number of nitro benzene ring substituents is 1.